The first-order valence-electron chi connectivity index (χ1n) is 4.98. The van der Waals surface area contributed by atoms with Crippen molar-refractivity contribution in [3.8, 4) is 0 Å². The van der Waals surface area contributed by atoms with Crippen molar-refractivity contribution in [2.45, 2.75) is 51.7 Å². The Morgan fingerprint density at radius 1 is 1.46 bits per heavy atom. The summed E-state index contributed by atoms with van der Waals surface area (Å²) in [4.78, 5) is 20.8. The molecule has 0 spiro atoms. The van der Waals surface area contributed by atoms with Gasteiger partial charge in [-0.15, -0.1) is 0 Å². The highest BCUT2D eigenvalue weighted by Crippen LogP contribution is 2.09. The van der Waals surface area contributed by atoms with E-state index in [4.69, 9.17) is 9.78 Å². The minimum atomic E-state index is -0.211. The van der Waals surface area contributed by atoms with E-state index in [1.54, 1.807) is 0 Å². The Morgan fingerprint density at radius 3 is 2.54 bits per heavy atom. The third kappa shape index (κ3) is 5.82. The second-order valence-electron chi connectivity index (χ2n) is 3.41. The topological polar surface area (TPSA) is 35.5 Å². The summed E-state index contributed by atoms with van der Waals surface area (Å²) < 4.78 is 0. The van der Waals surface area contributed by atoms with Crippen molar-refractivity contribution >= 4 is 16.2 Å². The van der Waals surface area contributed by atoms with Crippen LogP contribution in [0, 0.1) is 0 Å². The Balaban J connectivity index is 3.57. The number of rotatable bonds is 6. The molecule has 0 heterocycles. The fourth-order valence-corrected chi connectivity index (χ4v) is 0.929. The summed E-state index contributed by atoms with van der Waals surface area (Å²) in [5.74, 6) is -0.211. The zero-order valence-corrected chi connectivity index (χ0v) is 11.0. The Bertz CT molecular complexity index is 150. The number of hydrogen-bond acceptors (Lipinski definition) is 3. The van der Waals surface area contributed by atoms with Gasteiger partial charge in [0, 0.05) is 15.8 Å². The quantitative estimate of drug-likeness (QED) is 0.371. The smallest absolute Gasteiger partial charge is 0.298 e. The predicted molar refractivity (Wildman–Crippen MR) is 55.5 cm³/mol. The SMILES string of the molecule is CCCC(C)OOC(=O)C([SiH3])CC. The van der Waals surface area contributed by atoms with E-state index in [1.165, 1.54) is 0 Å². The summed E-state index contributed by atoms with van der Waals surface area (Å²) >= 11 is 0. The maximum absolute atomic E-state index is 11.2. The van der Waals surface area contributed by atoms with Crippen LogP contribution in [0.25, 0.3) is 0 Å². The van der Waals surface area contributed by atoms with Gasteiger partial charge in [0.1, 0.15) is 6.10 Å². The molecule has 0 radical (unpaired) electrons. The van der Waals surface area contributed by atoms with Crippen LogP contribution in [-0.4, -0.2) is 22.3 Å². The van der Waals surface area contributed by atoms with Crippen LogP contribution >= 0.6 is 0 Å². The van der Waals surface area contributed by atoms with Crippen molar-refractivity contribution in [2.24, 2.45) is 0 Å². The van der Waals surface area contributed by atoms with Crippen molar-refractivity contribution in [1.82, 2.24) is 0 Å². The molecule has 2 atom stereocenters. The van der Waals surface area contributed by atoms with Gasteiger partial charge >= 0.3 is 5.97 Å². The lowest BCUT2D eigenvalue weighted by Gasteiger charge is -2.12. The largest absolute Gasteiger partial charge is 0.341 e. The highest BCUT2D eigenvalue weighted by atomic mass is 28.1. The van der Waals surface area contributed by atoms with Crippen LogP contribution < -0.4 is 0 Å². The van der Waals surface area contributed by atoms with E-state index in [9.17, 15) is 4.79 Å². The van der Waals surface area contributed by atoms with Gasteiger partial charge in [-0.1, -0.05) is 20.3 Å². The second kappa shape index (κ2) is 7.09. The molecule has 0 saturated heterocycles. The number of carbonyl (C=O) groups excluding carboxylic acids is 1. The molecule has 0 bridgehead atoms. The molecule has 0 rings (SSSR count). The minimum Gasteiger partial charge on any atom is -0.298 e. The third-order valence-corrected chi connectivity index (χ3v) is 3.29. The third-order valence-electron chi connectivity index (χ3n) is 2.00. The average Bonchev–Trinajstić information content (AvgIpc) is 2.13. The van der Waals surface area contributed by atoms with Crippen molar-refractivity contribution in [3.63, 3.8) is 0 Å². The van der Waals surface area contributed by atoms with Crippen LogP contribution in [0.15, 0.2) is 0 Å². The Hall–Kier alpha value is -0.353. The molecule has 0 aliphatic rings. The van der Waals surface area contributed by atoms with E-state index in [0.717, 1.165) is 29.5 Å². The molecular weight excluding hydrogens is 184 g/mol. The van der Waals surface area contributed by atoms with Crippen LogP contribution in [0.5, 0.6) is 0 Å². The Morgan fingerprint density at radius 2 is 2.08 bits per heavy atom. The van der Waals surface area contributed by atoms with Crippen molar-refractivity contribution in [2.75, 3.05) is 0 Å². The molecule has 0 N–H and O–H groups in total. The van der Waals surface area contributed by atoms with Gasteiger partial charge < -0.3 is 0 Å². The molecule has 0 saturated carbocycles. The summed E-state index contributed by atoms with van der Waals surface area (Å²) in [7, 11) is 0.832. The molecule has 4 heteroatoms. The fraction of sp³-hybridized carbons (Fsp3) is 0.889. The van der Waals surface area contributed by atoms with E-state index in [1.807, 2.05) is 13.8 Å². The van der Waals surface area contributed by atoms with Gasteiger partial charge in [-0.3, -0.25) is 4.89 Å². The maximum Gasteiger partial charge on any atom is 0.341 e. The van der Waals surface area contributed by atoms with E-state index >= 15 is 0 Å². The van der Waals surface area contributed by atoms with Gasteiger partial charge in [-0.25, -0.2) is 4.79 Å². The molecule has 78 valence electrons. The summed E-state index contributed by atoms with van der Waals surface area (Å²) in [6.45, 7) is 5.96. The molecule has 0 fully saturated rings. The Kier molecular flexibility index (Phi) is 6.90. The zero-order valence-electron chi connectivity index (χ0n) is 9.00. The lowest BCUT2D eigenvalue weighted by Crippen LogP contribution is -2.17. The number of hydrogen-bond donors (Lipinski definition) is 0. The molecule has 0 aliphatic heterocycles. The van der Waals surface area contributed by atoms with Crippen LogP contribution in [0.4, 0.5) is 0 Å². The highest BCUT2D eigenvalue weighted by molar-refractivity contribution is 6.22. The standard InChI is InChI=1S/C9H20O3Si/c1-4-6-7(3)11-12-9(10)8(13)5-2/h7-8H,4-6H2,1-3,13H3. The molecule has 0 amide bonds. The van der Waals surface area contributed by atoms with Crippen LogP contribution in [0.3, 0.4) is 0 Å². The highest BCUT2D eigenvalue weighted by Gasteiger charge is 2.14. The molecule has 0 aromatic rings. The van der Waals surface area contributed by atoms with Crippen LogP contribution in [0.2, 0.25) is 5.54 Å². The molecule has 0 aromatic heterocycles. The lowest BCUT2D eigenvalue weighted by atomic mass is 10.2. The van der Waals surface area contributed by atoms with Gasteiger partial charge in [0.2, 0.25) is 0 Å². The normalized spacial score (nSPS) is 15.3. The first-order chi connectivity index (χ1) is 6.11. The molecule has 13 heavy (non-hydrogen) atoms. The maximum atomic E-state index is 11.2. The average molecular weight is 204 g/mol. The van der Waals surface area contributed by atoms with Gasteiger partial charge in [-0.2, -0.15) is 4.89 Å². The van der Waals surface area contributed by atoms with E-state index in [0.29, 0.717) is 0 Å². The second-order valence-corrected chi connectivity index (χ2v) is 4.80. The minimum absolute atomic E-state index is 0.0136. The lowest BCUT2D eigenvalue weighted by molar-refractivity contribution is -0.295. The van der Waals surface area contributed by atoms with Gasteiger partial charge in [0.05, 0.1) is 0 Å². The monoisotopic (exact) mass is 204 g/mol. The zero-order chi connectivity index (χ0) is 10.3. The first-order valence-corrected chi connectivity index (χ1v) is 6.14. The van der Waals surface area contributed by atoms with Gasteiger partial charge in [-0.05, 0) is 19.8 Å². The van der Waals surface area contributed by atoms with Crippen molar-refractivity contribution < 1.29 is 14.6 Å². The number of carbonyl (C=O) groups is 1. The van der Waals surface area contributed by atoms with Crippen LogP contribution in [-0.2, 0) is 14.6 Å². The van der Waals surface area contributed by atoms with Gasteiger partial charge in [0.15, 0.2) is 0 Å². The van der Waals surface area contributed by atoms with Crippen molar-refractivity contribution in [3.05, 3.63) is 0 Å². The van der Waals surface area contributed by atoms with Gasteiger partial charge in [0.25, 0.3) is 0 Å². The van der Waals surface area contributed by atoms with E-state index in [2.05, 4.69) is 6.92 Å². The Labute approximate surface area is 83.1 Å². The van der Waals surface area contributed by atoms with Crippen molar-refractivity contribution in [1.29, 1.82) is 0 Å². The summed E-state index contributed by atoms with van der Waals surface area (Å²) in [6, 6.07) is 0. The molecule has 3 nitrogen and oxygen atoms in total. The van der Waals surface area contributed by atoms with Crippen LogP contribution in [0.1, 0.15) is 40.0 Å². The molecular formula is C9H20O3Si. The summed E-state index contributed by atoms with van der Waals surface area (Å²) in [5.41, 5.74) is 0.0637. The summed E-state index contributed by atoms with van der Waals surface area (Å²) in [5, 5.41) is 0. The molecule has 2 unspecified atom stereocenters. The fourth-order valence-electron chi connectivity index (χ4n) is 0.833. The van der Waals surface area contributed by atoms with E-state index in [-0.39, 0.29) is 17.6 Å². The summed E-state index contributed by atoms with van der Waals surface area (Å²) in [6.07, 6.45) is 2.82. The predicted octanol–water partition coefficient (Wildman–Crippen LogP) is 1.21. The molecule has 0 aromatic carbocycles. The molecule has 0 aliphatic carbocycles. The van der Waals surface area contributed by atoms with E-state index < -0.39 is 0 Å². The first kappa shape index (κ1) is 12.6.